The minimum absolute atomic E-state index is 0.855. The zero-order chi connectivity index (χ0) is 13.9. The number of pyridine rings is 1. The lowest BCUT2D eigenvalue weighted by Crippen LogP contribution is -2.18. The molecule has 0 fully saturated rings. The van der Waals surface area contributed by atoms with Gasteiger partial charge in [0.2, 0.25) is 0 Å². The first-order chi connectivity index (χ1) is 9.74. The Morgan fingerprint density at radius 2 is 2.05 bits per heavy atom. The van der Waals surface area contributed by atoms with Crippen LogP contribution in [0, 0.1) is 13.8 Å². The normalized spacial score (nSPS) is 11.3. The van der Waals surface area contributed by atoms with Crippen LogP contribution >= 0.6 is 11.3 Å². The van der Waals surface area contributed by atoms with Crippen LogP contribution in [-0.4, -0.2) is 20.9 Å². The van der Waals surface area contributed by atoms with Gasteiger partial charge in [-0.15, -0.1) is 11.3 Å². The lowest BCUT2D eigenvalue weighted by atomic mass is 10.2. The van der Waals surface area contributed by atoms with Gasteiger partial charge in [0.1, 0.15) is 0 Å². The molecular weight excluding hydrogens is 268 g/mol. The fourth-order valence-electron chi connectivity index (χ4n) is 2.31. The van der Waals surface area contributed by atoms with E-state index in [1.165, 1.54) is 16.1 Å². The van der Waals surface area contributed by atoms with Gasteiger partial charge in [0.25, 0.3) is 0 Å². The smallest absolute Gasteiger partial charge is 0.194 e. The number of imidazole rings is 1. The van der Waals surface area contributed by atoms with Crippen LogP contribution in [0.3, 0.4) is 0 Å². The fraction of sp³-hybridized carbons (Fsp3) is 0.333. The first kappa shape index (κ1) is 13.3. The second kappa shape index (κ2) is 5.73. The minimum Gasteiger partial charge on any atom is -0.311 e. The number of fused-ring (bicyclic) bond motifs is 1. The first-order valence-corrected chi connectivity index (χ1v) is 7.59. The molecule has 0 saturated carbocycles. The SMILES string of the molecule is Cc1cn2c(CNCCc3ccncc3)c(C)nc2s1. The highest BCUT2D eigenvalue weighted by atomic mass is 32.1. The van der Waals surface area contributed by atoms with E-state index in [9.17, 15) is 0 Å². The van der Waals surface area contributed by atoms with E-state index in [-0.39, 0.29) is 0 Å². The van der Waals surface area contributed by atoms with Crippen LogP contribution in [0.25, 0.3) is 4.96 Å². The Hall–Kier alpha value is -1.72. The molecule has 0 atom stereocenters. The number of aryl methyl sites for hydroxylation is 2. The molecule has 20 heavy (non-hydrogen) atoms. The second-order valence-electron chi connectivity index (χ2n) is 4.92. The van der Waals surface area contributed by atoms with E-state index in [0.29, 0.717) is 0 Å². The third kappa shape index (κ3) is 2.73. The third-order valence-corrected chi connectivity index (χ3v) is 4.27. The van der Waals surface area contributed by atoms with Crippen LogP contribution in [0.2, 0.25) is 0 Å². The number of rotatable bonds is 5. The van der Waals surface area contributed by atoms with Crippen LogP contribution in [0.4, 0.5) is 0 Å². The molecule has 0 aliphatic rings. The van der Waals surface area contributed by atoms with Crippen LogP contribution < -0.4 is 5.32 Å². The molecule has 0 saturated heterocycles. The average Bonchev–Trinajstić information content (AvgIpc) is 2.92. The lowest BCUT2D eigenvalue weighted by Gasteiger charge is -2.05. The van der Waals surface area contributed by atoms with Crippen molar-refractivity contribution in [1.29, 1.82) is 0 Å². The minimum atomic E-state index is 0.855. The number of nitrogens with one attached hydrogen (secondary N) is 1. The van der Waals surface area contributed by atoms with Gasteiger partial charge in [0.15, 0.2) is 4.96 Å². The molecule has 5 heteroatoms. The van der Waals surface area contributed by atoms with Gasteiger partial charge >= 0.3 is 0 Å². The number of hydrogen-bond acceptors (Lipinski definition) is 4. The predicted octanol–water partition coefficient (Wildman–Crippen LogP) is 2.74. The number of thiazole rings is 1. The maximum absolute atomic E-state index is 4.60. The summed E-state index contributed by atoms with van der Waals surface area (Å²) in [6, 6.07) is 4.12. The van der Waals surface area contributed by atoms with E-state index in [1.807, 2.05) is 12.4 Å². The monoisotopic (exact) mass is 286 g/mol. The van der Waals surface area contributed by atoms with E-state index in [0.717, 1.165) is 30.2 Å². The van der Waals surface area contributed by atoms with E-state index in [1.54, 1.807) is 11.3 Å². The highest BCUT2D eigenvalue weighted by Crippen LogP contribution is 2.20. The summed E-state index contributed by atoms with van der Waals surface area (Å²) in [5.74, 6) is 0. The van der Waals surface area contributed by atoms with Gasteiger partial charge in [0.05, 0.1) is 11.4 Å². The topological polar surface area (TPSA) is 42.2 Å². The van der Waals surface area contributed by atoms with Gasteiger partial charge < -0.3 is 5.32 Å². The molecule has 0 spiro atoms. The molecule has 0 aromatic carbocycles. The van der Waals surface area contributed by atoms with Crippen molar-refractivity contribution in [3.05, 3.63) is 52.6 Å². The molecule has 104 valence electrons. The Balaban J connectivity index is 1.61. The van der Waals surface area contributed by atoms with Gasteiger partial charge in [-0.1, -0.05) is 0 Å². The summed E-state index contributed by atoms with van der Waals surface area (Å²) >= 11 is 1.74. The van der Waals surface area contributed by atoms with Crippen molar-refractivity contribution < 1.29 is 0 Å². The molecule has 1 N–H and O–H groups in total. The molecule has 3 heterocycles. The van der Waals surface area contributed by atoms with E-state index < -0.39 is 0 Å². The molecule has 0 bridgehead atoms. The van der Waals surface area contributed by atoms with E-state index in [4.69, 9.17) is 0 Å². The van der Waals surface area contributed by atoms with Gasteiger partial charge in [-0.05, 0) is 44.5 Å². The molecule has 0 unspecified atom stereocenters. The summed E-state index contributed by atoms with van der Waals surface area (Å²) in [5.41, 5.74) is 3.70. The largest absolute Gasteiger partial charge is 0.311 e. The number of nitrogens with zero attached hydrogens (tertiary/aromatic N) is 3. The summed E-state index contributed by atoms with van der Waals surface area (Å²) in [5, 5.41) is 3.50. The number of aromatic nitrogens is 3. The molecule has 0 radical (unpaired) electrons. The van der Waals surface area contributed by atoms with Crippen LogP contribution in [0.15, 0.2) is 30.7 Å². The Bertz CT molecular complexity index is 699. The Labute approximate surface area is 122 Å². The molecule has 0 aliphatic heterocycles. The van der Waals surface area contributed by atoms with Crippen LogP contribution in [0.5, 0.6) is 0 Å². The first-order valence-electron chi connectivity index (χ1n) is 6.77. The predicted molar refractivity (Wildman–Crippen MR) is 82.2 cm³/mol. The summed E-state index contributed by atoms with van der Waals surface area (Å²) in [6.45, 7) is 6.01. The van der Waals surface area contributed by atoms with Crippen LogP contribution in [0.1, 0.15) is 21.8 Å². The van der Waals surface area contributed by atoms with E-state index >= 15 is 0 Å². The fourth-order valence-corrected chi connectivity index (χ4v) is 3.20. The van der Waals surface area contributed by atoms with Crippen molar-refractivity contribution in [2.45, 2.75) is 26.8 Å². The highest BCUT2D eigenvalue weighted by molar-refractivity contribution is 7.17. The van der Waals surface area contributed by atoms with Gasteiger partial charge in [-0.25, -0.2) is 4.98 Å². The summed E-state index contributed by atoms with van der Waals surface area (Å²) in [7, 11) is 0. The molecule has 3 aromatic rings. The van der Waals surface area contributed by atoms with Crippen molar-refractivity contribution in [2.75, 3.05) is 6.54 Å². The molecule has 3 aromatic heterocycles. The highest BCUT2D eigenvalue weighted by Gasteiger charge is 2.10. The summed E-state index contributed by atoms with van der Waals surface area (Å²) in [6.07, 6.45) is 6.87. The second-order valence-corrected chi connectivity index (χ2v) is 6.13. The van der Waals surface area contributed by atoms with Crippen molar-refractivity contribution >= 4 is 16.3 Å². The molecule has 0 aliphatic carbocycles. The van der Waals surface area contributed by atoms with Crippen molar-refractivity contribution in [1.82, 2.24) is 19.7 Å². The maximum atomic E-state index is 4.60. The molecule has 0 amide bonds. The summed E-state index contributed by atoms with van der Waals surface area (Å²) < 4.78 is 2.20. The van der Waals surface area contributed by atoms with Gasteiger partial charge in [-0.3, -0.25) is 9.38 Å². The molecule has 4 nitrogen and oxygen atoms in total. The molecular formula is C15H18N4S. The Morgan fingerprint density at radius 1 is 1.25 bits per heavy atom. The number of hydrogen-bond donors (Lipinski definition) is 1. The average molecular weight is 286 g/mol. The van der Waals surface area contributed by atoms with E-state index in [2.05, 4.69) is 51.9 Å². The van der Waals surface area contributed by atoms with Crippen molar-refractivity contribution in [3.63, 3.8) is 0 Å². The van der Waals surface area contributed by atoms with Crippen molar-refractivity contribution in [2.24, 2.45) is 0 Å². The van der Waals surface area contributed by atoms with Gasteiger partial charge in [0, 0.05) is 30.0 Å². The van der Waals surface area contributed by atoms with Crippen molar-refractivity contribution in [3.8, 4) is 0 Å². The lowest BCUT2D eigenvalue weighted by molar-refractivity contribution is 0.668. The standard InChI is InChI=1S/C15H18N4S/c1-11-10-19-14(12(2)18-15(19)20-11)9-17-8-5-13-3-6-16-7-4-13/h3-4,6-7,10,17H,5,8-9H2,1-2H3. The zero-order valence-electron chi connectivity index (χ0n) is 11.8. The third-order valence-electron chi connectivity index (χ3n) is 3.37. The Kier molecular flexibility index (Phi) is 3.80. The summed E-state index contributed by atoms with van der Waals surface area (Å²) in [4.78, 5) is 11.0. The Morgan fingerprint density at radius 3 is 2.85 bits per heavy atom. The van der Waals surface area contributed by atoms with Gasteiger partial charge in [-0.2, -0.15) is 0 Å². The van der Waals surface area contributed by atoms with Crippen LogP contribution in [-0.2, 0) is 13.0 Å². The molecule has 3 rings (SSSR count). The zero-order valence-corrected chi connectivity index (χ0v) is 12.6. The maximum Gasteiger partial charge on any atom is 0.194 e. The quantitative estimate of drug-likeness (QED) is 0.733.